The fraction of sp³-hybridized carbons (Fsp3) is 0.176. The molecule has 0 aromatic heterocycles. The summed E-state index contributed by atoms with van der Waals surface area (Å²) in [4.78, 5) is 12.5. The molecule has 0 bridgehead atoms. The van der Waals surface area contributed by atoms with E-state index < -0.39 is 6.04 Å². The van der Waals surface area contributed by atoms with Crippen molar-refractivity contribution in [2.75, 3.05) is 5.01 Å². The van der Waals surface area contributed by atoms with Crippen molar-refractivity contribution in [3.63, 3.8) is 0 Å². The normalized spacial score (nSPS) is 18.1. The average Bonchev–Trinajstić information content (AvgIpc) is 2.82. The molecule has 0 unspecified atom stereocenters. The molecular formula is C17H16N4O. The summed E-state index contributed by atoms with van der Waals surface area (Å²) in [6.07, 6.45) is 0. The Bertz CT molecular complexity index is 752. The number of hydrogen-bond acceptors (Lipinski definition) is 4. The highest BCUT2D eigenvalue weighted by Crippen LogP contribution is 2.24. The predicted octanol–water partition coefficient (Wildman–Crippen LogP) is 3.87. The highest BCUT2D eigenvalue weighted by Gasteiger charge is 2.34. The second-order valence-electron chi connectivity index (χ2n) is 5.13. The minimum atomic E-state index is -0.653. The van der Waals surface area contributed by atoms with Gasteiger partial charge in [0.2, 0.25) is 0 Å². The number of para-hydroxylation sites is 1. The molecule has 1 aliphatic rings. The van der Waals surface area contributed by atoms with E-state index in [1.807, 2.05) is 61.5 Å². The highest BCUT2D eigenvalue weighted by molar-refractivity contribution is 6.18. The molecule has 0 N–H and O–H groups in total. The molecule has 2 aromatic carbocycles. The van der Waals surface area contributed by atoms with E-state index in [1.54, 1.807) is 6.92 Å². The number of hydrazone groups is 1. The summed E-state index contributed by atoms with van der Waals surface area (Å²) in [5.74, 6) is -0.180. The van der Waals surface area contributed by atoms with Crippen LogP contribution in [0.1, 0.15) is 12.5 Å². The van der Waals surface area contributed by atoms with Crippen molar-refractivity contribution in [3.05, 3.63) is 60.2 Å². The van der Waals surface area contributed by atoms with Crippen LogP contribution in [0.3, 0.4) is 0 Å². The number of azo groups is 1. The van der Waals surface area contributed by atoms with E-state index in [1.165, 1.54) is 5.01 Å². The number of benzene rings is 2. The van der Waals surface area contributed by atoms with Crippen molar-refractivity contribution in [3.8, 4) is 0 Å². The summed E-state index contributed by atoms with van der Waals surface area (Å²) >= 11 is 0. The highest BCUT2D eigenvalue weighted by atomic mass is 16.2. The molecule has 1 atom stereocenters. The number of carbonyl (C=O) groups excluding carboxylic acids is 1. The second-order valence-corrected chi connectivity index (χ2v) is 5.13. The molecule has 1 aliphatic heterocycles. The molecule has 0 spiro atoms. The van der Waals surface area contributed by atoms with Gasteiger partial charge in [0.1, 0.15) is 0 Å². The molecule has 1 heterocycles. The van der Waals surface area contributed by atoms with E-state index in [0.717, 1.165) is 16.9 Å². The first-order valence-corrected chi connectivity index (χ1v) is 7.07. The SMILES string of the molecule is CC1=NN(c2ccccc2)C(=O)[C@H]1N=Nc1ccccc1C. The average molecular weight is 292 g/mol. The molecule has 22 heavy (non-hydrogen) atoms. The molecule has 0 saturated heterocycles. The van der Waals surface area contributed by atoms with Crippen molar-refractivity contribution < 1.29 is 4.79 Å². The third-order valence-corrected chi connectivity index (χ3v) is 3.49. The molecule has 0 radical (unpaired) electrons. The van der Waals surface area contributed by atoms with E-state index in [4.69, 9.17) is 0 Å². The first-order valence-electron chi connectivity index (χ1n) is 7.07. The molecule has 5 heteroatoms. The minimum Gasteiger partial charge on any atom is -0.269 e. The maximum atomic E-state index is 12.5. The molecule has 0 fully saturated rings. The van der Waals surface area contributed by atoms with E-state index in [0.29, 0.717) is 5.71 Å². The van der Waals surface area contributed by atoms with Crippen LogP contribution in [-0.2, 0) is 4.79 Å². The van der Waals surface area contributed by atoms with Crippen LogP contribution >= 0.6 is 0 Å². The van der Waals surface area contributed by atoms with Gasteiger partial charge in [0, 0.05) is 0 Å². The third-order valence-electron chi connectivity index (χ3n) is 3.49. The van der Waals surface area contributed by atoms with Crippen LogP contribution in [0, 0.1) is 6.92 Å². The zero-order valence-electron chi connectivity index (χ0n) is 12.5. The van der Waals surface area contributed by atoms with Gasteiger partial charge < -0.3 is 0 Å². The number of carbonyl (C=O) groups is 1. The fourth-order valence-corrected chi connectivity index (χ4v) is 2.24. The van der Waals surface area contributed by atoms with Gasteiger partial charge in [0.25, 0.3) is 5.91 Å². The molecule has 1 amide bonds. The van der Waals surface area contributed by atoms with Crippen LogP contribution in [-0.4, -0.2) is 17.7 Å². The van der Waals surface area contributed by atoms with E-state index >= 15 is 0 Å². The maximum Gasteiger partial charge on any atom is 0.280 e. The number of hydrogen-bond donors (Lipinski definition) is 0. The van der Waals surface area contributed by atoms with Crippen molar-refractivity contribution in [2.24, 2.45) is 15.3 Å². The molecule has 5 nitrogen and oxygen atoms in total. The van der Waals surface area contributed by atoms with E-state index in [9.17, 15) is 4.79 Å². The second kappa shape index (κ2) is 5.89. The molecule has 0 saturated carbocycles. The van der Waals surface area contributed by atoms with Gasteiger partial charge in [0.05, 0.1) is 17.1 Å². The van der Waals surface area contributed by atoms with Gasteiger partial charge in [-0.15, -0.1) is 0 Å². The Hall–Kier alpha value is -2.82. The van der Waals surface area contributed by atoms with Gasteiger partial charge in [-0.3, -0.25) is 4.79 Å². The monoisotopic (exact) mass is 292 g/mol. The zero-order valence-corrected chi connectivity index (χ0v) is 12.5. The number of anilines is 1. The van der Waals surface area contributed by atoms with Crippen LogP contribution in [0.4, 0.5) is 11.4 Å². The standard InChI is InChI=1S/C17H16N4O/c1-12-8-6-7-11-15(12)18-19-16-13(2)20-21(17(16)22)14-9-4-3-5-10-14/h3-11,16H,1-2H3/t16-/m0/s1. The zero-order chi connectivity index (χ0) is 15.5. The number of nitrogens with zero attached hydrogens (tertiary/aromatic N) is 4. The molecular weight excluding hydrogens is 276 g/mol. The predicted molar refractivity (Wildman–Crippen MR) is 86.5 cm³/mol. The first kappa shape index (κ1) is 14.1. The summed E-state index contributed by atoms with van der Waals surface area (Å²) < 4.78 is 0. The van der Waals surface area contributed by atoms with Crippen molar-refractivity contribution in [1.82, 2.24) is 0 Å². The Morgan fingerprint density at radius 3 is 2.41 bits per heavy atom. The fourth-order valence-electron chi connectivity index (χ4n) is 2.24. The van der Waals surface area contributed by atoms with Crippen molar-refractivity contribution in [1.29, 1.82) is 0 Å². The maximum absolute atomic E-state index is 12.5. The summed E-state index contributed by atoms with van der Waals surface area (Å²) in [5, 5.41) is 14.1. The summed E-state index contributed by atoms with van der Waals surface area (Å²) in [5.41, 5.74) is 3.17. The van der Waals surface area contributed by atoms with Gasteiger partial charge >= 0.3 is 0 Å². The van der Waals surface area contributed by atoms with Gasteiger partial charge in [0.15, 0.2) is 6.04 Å². The lowest BCUT2D eigenvalue weighted by Crippen LogP contribution is -2.29. The molecule has 110 valence electrons. The summed E-state index contributed by atoms with van der Waals surface area (Å²) in [6, 6.07) is 16.3. The van der Waals surface area contributed by atoms with Crippen molar-refractivity contribution in [2.45, 2.75) is 19.9 Å². The van der Waals surface area contributed by atoms with Crippen molar-refractivity contribution >= 4 is 23.0 Å². The van der Waals surface area contributed by atoms with Crippen LogP contribution in [0.25, 0.3) is 0 Å². The first-order chi connectivity index (χ1) is 10.7. The van der Waals surface area contributed by atoms with Crippen LogP contribution in [0.15, 0.2) is 69.9 Å². The van der Waals surface area contributed by atoms with Gasteiger partial charge in [-0.1, -0.05) is 36.4 Å². The number of rotatable bonds is 3. The van der Waals surface area contributed by atoms with Gasteiger partial charge in [-0.2, -0.15) is 20.3 Å². The number of amides is 1. The molecule has 2 aromatic rings. The summed E-state index contributed by atoms with van der Waals surface area (Å²) in [7, 11) is 0. The molecule has 0 aliphatic carbocycles. The summed E-state index contributed by atoms with van der Waals surface area (Å²) in [6.45, 7) is 3.75. The van der Waals surface area contributed by atoms with Crippen LogP contribution in [0.5, 0.6) is 0 Å². The smallest absolute Gasteiger partial charge is 0.269 e. The topological polar surface area (TPSA) is 57.4 Å². The minimum absolute atomic E-state index is 0.180. The van der Waals surface area contributed by atoms with Crippen LogP contribution < -0.4 is 5.01 Å². The lowest BCUT2D eigenvalue weighted by molar-refractivity contribution is -0.117. The Morgan fingerprint density at radius 2 is 1.68 bits per heavy atom. The Kier molecular flexibility index (Phi) is 3.78. The van der Waals surface area contributed by atoms with Gasteiger partial charge in [-0.25, -0.2) is 0 Å². The molecule has 3 rings (SSSR count). The quantitative estimate of drug-likeness (QED) is 0.792. The number of aryl methyl sites for hydroxylation is 1. The van der Waals surface area contributed by atoms with E-state index in [2.05, 4.69) is 15.3 Å². The lowest BCUT2D eigenvalue weighted by Gasteiger charge is -2.11. The Balaban J connectivity index is 1.83. The lowest BCUT2D eigenvalue weighted by atomic mass is 10.2. The largest absolute Gasteiger partial charge is 0.280 e. The third kappa shape index (κ3) is 2.65. The Morgan fingerprint density at radius 1 is 1.00 bits per heavy atom. The van der Waals surface area contributed by atoms with E-state index in [-0.39, 0.29) is 5.91 Å². The van der Waals surface area contributed by atoms with Gasteiger partial charge in [-0.05, 0) is 37.6 Å². The Labute approximate surface area is 129 Å². The van der Waals surface area contributed by atoms with Crippen LogP contribution in [0.2, 0.25) is 0 Å².